The van der Waals surface area contributed by atoms with Crippen LogP contribution >= 0.6 is 0 Å². The summed E-state index contributed by atoms with van der Waals surface area (Å²) >= 11 is 0. The van der Waals surface area contributed by atoms with Gasteiger partial charge < -0.3 is 10.1 Å². The summed E-state index contributed by atoms with van der Waals surface area (Å²) in [6.07, 6.45) is 11.0. The summed E-state index contributed by atoms with van der Waals surface area (Å²) in [6.45, 7) is 0. The normalized spacial score (nSPS) is 30.9. The van der Waals surface area contributed by atoms with Crippen molar-refractivity contribution in [3.8, 4) is 0 Å². The summed E-state index contributed by atoms with van der Waals surface area (Å²) in [5.41, 5.74) is -0.188. The number of ether oxygens (including phenoxy) is 1. The zero-order valence-corrected chi connectivity index (χ0v) is 14.1. The Morgan fingerprint density at radius 1 is 1.13 bits per heavy atom. The van der Waals surface area contributed by atoms with E-state index in [2.05, 4.69) is 5.32 Å². The number of carbonyl (C=O) groups is 2. The second-order valence-electron chi connectivity index (χ2n) is 8.03. The molecule has 0 aromatic carbocycles. The van der Waals surface area contributed by atoms with E-state index in [0.29, 0.717) is 18.3 Å². The van der Waals surface area contributed by atoms with Gasteiger partial charge in [0, 0.05) is 19.6 Å². The Kier molecular flexibility index (Phi) is 3.87. The van der Waals surface area contributed by atoms with Gasteiger partial charge >= 0.3 is 6.03 Å². The molecule has 5 nitrogen and oxygen atoms in total. The average Bonchev–Trinajstić information content (AvgIpc) is 2.64. The highest BCUT2D eigenvalue weighted by Gasteiger charge is 2.51. The van der Waals surface area contributed by atoms with E-state index < -0.39 is 0 Å². The molecule has 0 aromatic heterocycles. The molecule has 1 aliphatic heterocycles. The van der Waals surface area contributed by atoms with E-state index in [1.165, 1.54) is 38.5 Å². The lowest BCUT2D eigenvalue weighted by atomic mass is 9.68. The Hall–Kier alpha value is -1.10. The van der Waals surface area contributed by atoms with Crippen molar-refractivity contribution in [2.24, 2.45) is 11.8 Å². The van der Waals surface area contributed by atoms with Crippen molar-refractivity contribution in [3.63, 3.8) is 0 Å². The number of hydrogen-bond acceptors (Lipinski definition) is 3. The van der Waals surface area contributed by atoms with Crippen LogP contribution in [0.1, 0.15) is 64.2 Å². The summed E-state index contributed by atoms with van der Waals surface area (Å²) in [6, 6.07) is -0.394. The number of nitrogens with one attached hydrogen (secondary N) is 1. The zero-order chi connectivity index (χ0) is 16.0. The lowest BCUT2D eigenvalue weighted by Crippen LogP contribution is -2.53. The third kappa shape index (κ3) is 2.48. The van der Waals surface area contributed by atoms with Crippen LogP contribution in [0.4, 0.5) is 4.79 Å². The van der Waals surface area contributed by atoms with Gasteiger partial charge in [0.1, 0.15) is 6.04 Å². The van der Waals surface area contributed by atoms with Crippen LogP contribution in [0.25, 0.3) is 0 Å². The van der Waals surface area contributed by atoms with Crippen LogP contribution in [0.15, 0.2) is 0 Å². The fraction of sp³-hybridized carbons (Fsp3) is 0.889. The number of hydrogen-bond donors (Lipinski definition) is 1. The minimum absolute atomic E-state index is 0.00197. The maximum atomic E-state index is 13.0. The fourth-order valence-corrected chi connectivity index (χ4v) is 4.77. The van der Waals surface area contributed by atoms with E-state index in [4.69, 9.17) is 4.74 Å². The first-order valence-corrected chi connectivity index (χ1v) is 9.32. The molecule has 4 aliphatic rings. The number of imide groups is 1. The summed E-state index contributed by atoms with van der Waals surface area (Å²) in [7, 11) is 1.73. The van der Waals surface area contributed by atoms with Gasteiger partial charge in [-0.2, -0.15) is 0 Å². The van der Waals surface area contributed by atoms with Crippen molar-refractivity contribution >= 4 is 11.9 Å². The molecule has 1 saturated heterocycles. The van der Waals surface area contributed by atoms with E-state index in [1.54, 1.807) is 12.0 Å². The van der Waals surface area contributed by atoms with Crippen LogP contribution in [-0.2, 0) is 9.53 Å². The average molecular weight is 320 g/mol. The number of urea groups is 1. The molecule has 0 radical (unpaired) electrons. The Labute approximate surface area is 138 Å². The van der Waals surface area contributed by atoms with Crippen LogP contribution in [0.3, 0.4) is 0 Å². The number of methoxy groups -OCH3 is 1. The minimum Gasteiger partial charge on any atom is -0.378 e. The quantitative estimate of drug-likeness (QED) is 0.766. The molecule has 0 spiro atoms. The van der Waals surface area contributed by atoms with Crippen molar-refractivity contribution in [1.82, 2.24) is 10.2 Å². The molecule has 0 aromatic rings. The van der Waals surface area contributed by atoms with E-state index in [9.17, 15) is 9.59 Å². The third-order valence-corrected chi connectivity index (χ3v) is 6.89. The third-order valence-electron chi connectivity index (χ3n) is 6.89. The SMILES string of the molecule is COC1(CC2NC(=O)N(C(C3CCC3)C3CCC3)C2=O)CCC1. The highest BCUT2D eigenvalue weighted by atomic mass is 16.5. The second kappa shape index (κ2) is 5.76. The highest BCUT2D eigenvalue weighted by molar-refractivity contribution is 6.04. The smallest absolute Gasteiger partial charge is 0.325 e. The molecule has 3 aliphatic carbocycles. The van der Waals surface area contributed by atoms with Crippen LogP contribution in [0, 0.1) is 11.8 Å². The summed E-state index contributed by atoms with van der Waals surface area (Å²) in [5.74, 6) is 1.07. The van der Waals surface area contributed by atoms with Crippen molar-refractivity contribution in [1.29, 1.82) is 0 Å². The lowest BCUT2D eigenvalue weighted by Gasteiger charge is -2.46. The molecule has 1 unspecified atom stereocenters. The zero-order valence-electron chi connectivity index (χ0n) is 14.1. The molecular weight excluding hydrogens is 292 g/mol. The number of carbonyl (C=O) groups excluding carboxylic acids is 2. The summed E-state index contributed by atoms with van der Waals surface area (Å²) < 4.78 is 5.65. The van der Waals surface area contributed by atoms with E-state index in [-0.39, 0.29) is 29.6 Å². The molecular formula is C18H28N2O3. The molecule has 4 rings (SSSR count). The maximum Gasteiger partial charge on any atom is 0.325 e. The molecule has 5 heteroatoms. The summed E-state index contributed by atoms with van der Waals surface area (Å²) in [4.78, 5) is 27.1. The molecule has 23 heavy (non-hydrogen) atoms. The standard InChI is InChI=1S/C18H28N2O3/c1-23-18(9-4-10-18)11-14-16(21)20(17(22)19-14)15(12-5-2-6-12)13-7-3-8-13/h12-15H,2-11H2,1H3,(H,19,22). The van der Waals surface area contributed by atoms with Crippen molar-refractivity contribution in [2.75, 3.05) is 7.11 Å². The predicted octanol–water partition coefficient (Wildman–Crippen LogP) is 2.83. The van der Waals surface area contributed by atoms with Gasteiger partial charge in [-0.05, 0) is 56.8 Å². The highest BCUT2D eigenvalue weighted by Crippen LogP contribution is 2.45. The van der Waals surface area contributed by atoms with Crippen molar-refractivity contribution in [3.05, 3.63) is 0 Å². The van der Waals surface area contributed by atoms with Crippen LogP contribution < -0.4 is 5.32 Å². The van der Waals surface area contributed by atoms with E-state index in [1.807, 2.05) is 0 Å². The molecule has 1 atom stereocenters. The van der Waals surface area contributed by atoms with Crippen molar-refractivity contribution < 1.29 is 14.3 Å². The van der Waals surface area contributed by atoms with Gasteiger partial charge in [0.15, 0.2) is 0 Å². The molecule has 3 amide bonds. The topological polar surface area (TPSA) is 58.6 Å². The predicted molar refractivity (Wildman–Crippen MR) is 85.8 cm³/mol. The molecule has 128 valence electrons. The molecule has 1 N–H and O–H groups in total. The maximum absolute atomic E-state index is 13.0. The van der Waals surface area contributed by atoms with E-state index in [0.717, 1.165) is 19.3 Å². The fourth-order valence-electron chi connectivity index (χ4n) is 4.77. The second-order valence-corrected chi connectivity index (χ2v) is 8.03. The molecule has 4 fully saturated rings. The number of nitrogens with zero attached hydrogens (tertiary/aromatic N) is 1. The van der Waals surface area contributed by atoms with Crippen LogP contribution in [0.2, 0.25) is 0 Å². The first-order chi connectivity index (χ1) is 11.1. The Morgan fingerprint density at radius 3 is 2.13 bits per heavy atom. The van der Waals surface area contributed by atoms with Gasteiger partial charge in [0.25, 0.3) is 5.91 Å². The monoisotopic (exact) mass is 320 g/mol. The van der Waals surface area contributed by atoms with Gasteiger partial charge in [-0.15, -0.1) is 0 Å². The molecule has 3 saturated carbocycles. The Balaban J connectivity index is 1.49. The Bertz CT molecular complexity index is 475. The first-order valence-electron chi connectivity index (χ1n) is 9.32. The molecule has 0 bridgehead atoms. The van der Waals surface area contributed by atoms with Gasteiger partial charge in [0.05, 0.1) is 5.60 Å². The number of amides is 3. The van der Waals surface area contributed by atoms with Crippen LogP contribution in [0.5, 0.6) is 0 Å². The Morgan fingerprint density at radius 2 is 1.74 bits per heavy atom. The van der Waals surface area contributed by atoms with Gasteiger partial charge in [0.2, 0.25) is 0 Å². The van der Waals surface area contributed by atoms with Gasteiger partial charge in [-0.25, -0.2) is 4.79 Å². The van der Waals surface area contributed by atoms with Crippen LogP contribution in [-0.4, -0.2) is 41.6 Å². The van der Waals surface area contributed by atoms with Crippen molar-refractivity contribution in [2.45, 2.75) is 81.9 Å². The van der Waals surface area contributed by atoms with Gasteiger partial charge in [-0.1, -0.05) is 12.8 Å². The first kappa shape index (κ1) is 15.4. The lowest BCUT2D eigenvalue weighted by molar-refractivity contribution is -0.136. The number of rotatable bonds is 6. The molecule has 1 heterocycles. The largest absolute Gasteiger partial charge is 0.378 e. The minimum atomic E-state index is -0.384. The van der Waals surface area contributed by atoms with Gasteiger partial charge in [-0.3, -0.25) is 9.69 Å². The summed E-state index contributed by atoms with van der Waals surface area (Å²) in [5, 5.41) is 2.96. The van der Waals surface area contributed by atoms with E-state index >= 15 is 0 Å².